The summed E-state index contributed by atoms with van der Waals surface area (Å²) in [6.45, 7) is 8.66. The van der Waals surface area contributed by atoms with Crippen LogP contribution in [0.4, 0.5) is 0 Å². The van der Waals surface area contributed by atoms with Crippen LogP contribution in [0.1, 0.15) is 59.8 Å². The number of rotatable bonds is 7. The van der Waals surface area contributed by atoms with Crippen LogP contribution in [-0.2, 0) is 14.3 Å². The monoisotopic (exact) mass is 312 g/mol. The summed E-state index contributed by atoms with van der Waals surface area (Å²) in [5.74, 6) is 0.233. The lowest BCUT2D eigenvalue weighted by Gasteiger charge is -2.38. The van der Waals surface area contributed by atoms with Gasteiger partial charge in [-0.25, -0.2) is 0 Å². The molecule has 0 unspecified atom stereocenters. The van der Waals surface area contributed by atoms with Gasteiger partial charge in [0.2, 0.25) is 0 Å². The Morgan fingerprint density at radius 1 is 1.23 bits per heavy atom. The fourth-order valence-electron chi connectivity index (χ4n) is 3.35. The fourth-order valence-corrected chi connectivity index (χ4v) is 3.35. The Labute approximate surface area is 134 Å². The maximum Gasteiger partial charge on any atom is 0.306 e. The molecule has 0 saturated carbocycles. The van der Waals surface area contributed by atoms with Gasteiger partial charge >= 0.3 is 5.97 Å². The van der Waals surface area contributed by atoms with Gasteiger partial charge in [0.15, 0.2) is 6.61 Å². The molecular formula is C17H32N2O3. The van der Waals surface area contributed by atoms with Crippen LogP contribution in [0.15, 0.2) is 0 Å². The van der Waals surface area contributed by atoms with Crippen LogP contribution < -0.4 is 5.73 Å². The van der Waals surface area contributed by atoms with E-state index < -0.39 is 0 Å². The highest BCUT2D eigenvalue weighted by Crippen LogP contribution is 2.22. The van der Waals surface area contributed by atoms with Gasteiger partial charge in [-0.3, -0.25) is 9.59 Å². The van der Waals surface area contributed by atoms with Crippen molar-refractivity contribution in [3.8, 4) is 0 Å². The first kappa shape index (κ1) is 18.9. The van der Waals surface area contributed by atoms with Crippen LogP contribution in [0.5, 0.6) is 0 Å². The zero-order valence-electron chi connectivity index (χ0n) is 14.5. The normalized spacial score (nSPS) is 23.5. The van der Waals surface area contributed by atoms with E-state index in [1.807, 2.05) is 4.90 Å². The Balaban J connectivity index is 2.40. The second kappa shape index (κ2) is 9.13. The van der Waals surface area contributed by atoms with Crippen molar-refractivity contribution < 1.29 is 14.3 Å². The number of ether oxygens (including phenoxy) is 1. The van der Waals surface area contributed by atoms with Crippen molar-refractivity contribution in [1.29, 1.82) is 0 Å². The van der Waals surface area contributed by atoms with Crippen LogP contribution in [0.25, 0.3) is 0 Å². The van der Waals surface area contributed by atoms with Crippen LogP contribution in [0.2, 0.25) is 0 Å². The molecule has 1 heterocycles. The second-order valence-electron chi connectivity index (χ2n) is 7.03. The Kier molecular flexibility index (Phi) is 7.87. The smallest absolute Gasteiger partial charge is 0.306 e. The van der Waals surface area contributed by atoms with Gasteiger partial charge < -0.3 is 15.4 Å². The average molecular weight is 312 g/mol. The topological polar surface area (TPSA) is 72.6 Å². The van der Waals surface area contributed by atoms with E-state index in [1.165, 1.54) is 0 Å². The number of nitrogens with zero attached hydrogens (tertiary/aromatic N) is 1. The minimum absolute atomic E-state index is 0.0822. The zero-order chi connectivity index (χ0) is 16.7. The summed E-state index contributed by atoms with van der Waals surface area (Å²) in [7, 11) is 0. The van der Waals surface area contributed by atoms with E-state index in [-0.39, 0.29) is 36.5 Å². The van der Waals surface area contributed by atoms with Crippen molar-refractivity contribution in [1.82, 2.24) is 4.90 Å². The summed E-state index contributed by atoms with van der Waals surface area (Å²) >= 11 is 0. The van der Waals surface area contributed by atoms with Gasteiger partial charge in [0.05, 0.1) is 0 Å². The van der Waals surface area contributed by atoms with Crippen LogP contribution >= 0.6 is 0 Å². The number of hydrogen-bond donors (Lipinski definition) is 1. The molecule has 1 fully saturated rings. The first-order chi connectivity index (χ1) is 10.3. The standard InChI is InChI=1S/C17H32N2O3/c1-12(2)8-15(10-18)9-17(21)22-11-16(20)19-13(3)6-5-7-14(19)4/h12-15H,5-11,18H2,1-4H3/t13-,14-,15+/m1/s1. The molecule has 0 aliphatic carbocycles. The number of piperidine rings is 1. The Morgan fingerprint density at radius 3 is 2.32 bits per heavy atom. The van der Waals surface area contributed by atoms with Crippen molar-refractivity contribution in [2.24, 2.45) is 17.6 Å². The lowest BCUT2D eigenvalue weighted by atomic mass is 9.94. The predicted molar refractivity (Wildman–Crippen MR) is 87.2 cm³/mol. The van der Waals surface area contributed by atoms with Gasteiger partial charge in [0.1, 0.15) is 0 Å². The average Bonchev–Trinajstić information content (AvgIpc) is 2.43. The Bertz CT molecular complexity index is 361. The van der Waals surface area contributed by atoms with E-state index >= 15 is 0 Å². The number of hydrogen-bond acceptors (Lipinski definition) is 4. The number of esters is 1. The van der Waals surface area contributed by atoms with E-state index in [0.29, 0.717) is 18.9 Å². The van der Waals surface area contributed by atoms with E-state index in [1.54, 1.807) is 0 Å². The van der Waals surface area contributed by atoms with Crippen LogP contribution in [0.3, 0.4) is 0 Å². The van der Waals surface area contributed by atoms with Crippen molar-refractivity contribution in [2.45, 2.75) is 71.9 Å². The molecule has 1 rings (SSSR count). The maximum atomic E-state index is 12.3. The molecule has 5 heteroatoms. The zero-order valence-corrected chi connectivity index (χ0v) is 14.5. The molecule has 128 valence electrons. The van der Waals surface area contributed by atoms with Crippen LogP contribution in [0, 0.1) is 11.8 Å². The minimum atomic E-state index is -0.318. The van der Waals surface area contributed by atoms with Gasteiger partial charge in [-0.1, -0.05) is 13.8 Å². The largest absolute Gasteiger partial charge is 0.456 e. The maximum absolute atomic E-state index is 12.3. The lowest BCUT2D eigenvalue weighted by molar-refractivity contribution is -0.155. The third kappa shape index (κ3) is 5.95. The molecule has 22 heavy (non-hydrogen) atoms. The van der Waals surface area contributed by atoms with Gasteiger partial charge in [0, 0.05) is 18.5 Å². The van der Waals surface area contributed by atoms with Gasteiger partial charge in [0.25, 0.3) is 5.91 Å². The van der Waals surface area contributed by atoms with E-state index in [2.05, 4.69) is 27.7 Å². The molecule has 0 aromatic heterocycles. The minimum Gasteiger partial charge on any atom is -0.456 e. The van der Waals surface area contributed by atoms with Gasteiger partial charge in [-0.15, -0.1) is 0 Å². The highest BCUT2D eigenvalue weighted by atomic mass is 16.5. The van der Waals surface area contributed by atoms with Gasteiger partial charge in [-0.2, -0.15) is 0 Å². The fraction of sp³-hybridized carbons (Fsp3) is 0.882. The number of amides is 1. The van der Waals surface area contributed by atoms with E-state index in [0.717, 1.165) is 25.7 Å². The van der Waals surface area contributed by atoms with Crippen molar-refractivity contribution >= 4 is 11.9 Å². The molecular weight excluding hydrogens is 280 g/mol. The van der Waals surface area contributed by atoms with Crippen LogP contribution in [-0.4, -0.2) is 42.0 Å². The number of nitrogens with two attached hydrogens (primary N) is 1. The van der Waals surface area contributed by atoms with Crippen molar-refractivity contribution in [3.05, 3.63) is 0 Å². The molecule has 0 radical (unpaired) electrons. The highest BCUT2D eigenvalue weighted by molar-refractivity contribution is 5.81. The molecule has 1 aliphatic heterocycles. The summed E-state index contributed by atoms with van der Waals surface area (Å²) in [6.07, 6.45) is 4.40. The molecule has 3 atom stereocenters. The summed E-state index contributed by atoms with van der Waals surface area (Å²) in [5.41, 5.74) is 5.70. The molecule has 5 nitrogen and oxygen atoms in total. The van der Waals surface area contributed by atoms with Crippen molar-refractivity contribution in [3.63, 3.8) is 0 Å². The summed E-state index contributed by atoms with van der Waals surface area (Å²) in [6, 6.07) is 0.459. The Morgan fingerprint density at radius 2 is 1.82 bits per heavy atom. The first-order valence-corrected chi connectivity index (χ1v) is 8.52. The Hall–Kier alpha value is -1.10. The molecule has 0 aromatic carbocycles. The van der Waals surface area contributed by atoms with Crippen molar-refractivity contribution in [2.75, 3.05) is 13.2 Å². The molecule has 0 bridgehead atoms. The molecule has 2 N–H and O–H groups in total. The number of likely N-dealkylation sites (tertiary alicyclic amines) is 1. The van der Waals surface area contributed by atoms with E-state index in [4.69, 9.17) is 10.5 Å². The molecule has 1 aliphatic rings. The third-order valence-electron chi connectivity index (χ3n) is 4.43. The predicted octanol–water partition coefficient (Wildman–Crippen LogP) is 2.33. The highest BCUT2D eigenvalue weighted by Gasteiger charge is 2.29. The molecule has 1 amide bonds. The molecule has 0 aromatic rings. The number of carbonyl (C=O) groups excluding carboxylic acids is 2. The quantitative estimate of drug-likeness (QED) is 0.732. The van der Waals surface area contributed by atoms with Gasteiger partial charge in [-0.05, 0) is 57.9 Å². The molecule has 0 spiro atoms. The first-order valence-electron chi connectivity index (χ1n) is 8.52. The molecule has 1 saturated heterocycles. The summed E-state index contributed by atoms with van der Waals surface area (Å²) in [4.78, 5) is 26.0. The lowest BCUT2D eigenvalue weighted by Crippen LogP contribution is -2.49. The summed E-state index contributed by atoms with van der Waals surface area (Å²) < 4.78 is 5.18. The number of carbonyl (C=O) groups is 2. The second-order valence-corrected chi connectivity index (χ2v) is 7.03. The third-order valence-corrected chi connectivity index (χ3v) is 4.43. The SMILES string of the molecule is CC(C)C[C@H](CN)CC(=O)OCC(=O)N1[C@H](C)CCC[C@H]1C. The summed E-state index contributed by atoms with van der Waals surface area (Å²) in [5, 5.41) is 0. The van der Waals surface area contributed by atoms with E-state index in [9.17, 15) is 9.59 Å².